The van der Waals surface area contributed by atoms with E-state index in [1.54, 1.807) is 27.0 Å². The van der Waals surface area contributed by atoms with Crippen LogP contribution >= 0.6 is 0 Å². The lowest BCUT2D eigenvalue weighted by molar-refractivity contribution is -0.561. The van der Waals surface area contributed by atoms with Gasteiger partial charge in [-0.3, -0.25) is 19.2 Å². The monoisotopic (exact) mass is 295 g/mol. The summed E-state index contributed by atoms with van der Waals surface area (Å²) < 4.78 is 16.3. The molecule has 1 heterocycles. The van der Waals surface area contributed by atoms with E-state index in [1.165, 1.54) is 21.3 Å². The largest absolute Gasteiger partial charge is 0.328 e. The summed E-state index contributed by atoms with van der Waals surface area (Å²) in [5.41, 5.74) is -0.106. The van der Waals surface area contributed by atoms with E-state index in [9.17, 15) is 19.3 Å². The van der Waals surface area contributed by atoms with E-state index in [1.807, 2.05) is 0 Å². The molecular weight excluding hydrogens is 277 g/mol. The molecule has 0 spiro atoms. The van der Waals surface area contributed by atoms with Gasteiger partial charge >= 0.3 is 5.69 Å². The topological polar surface area (TPSA) is 70.1 Å². The molecular formula is C14H18FN3O3. The van der Waals surface area contributed by atoms with Crippen molar-refractivity contribution in [3.63, 3.8) is 0 Å². The second-order valence-electron chi connectivity index (χ2n) is 5.80. The summed E-state index contributed by atoms with van der Waals surface area (Å²) in [5.74, 6) is -0.410. The van der Waals surface area contributed by atoms with Crippen LogP contribution in [0.25, 0.3) is 11.0 Å². The van der Waals surface area contributed by atoms with Crippen LogP contribution in [0.5, 0.6) is 0 Å². The van der Waals surface area contributed by atoms with Crippen LogP contribution in [0, 0.1) is 15.9 Å². The van der Waals surface area contributed by atoms with Crippen LogP contribution in [-0.4, -0.2) is 19.6 Å². The molecule has 7 heteroatoms. The SMILES string of the molecule is Cn1c(=O)n(CCCC(C)(C)[N+](=O)[O-])c2cc(F)ccc21. The normalized spacial score (nSPS) is 12.0. The molecule has 0 aliphatic rings. The van der Waals surface area contributed by atoms with E-state index in [4.69, 9.17) is 0 Å². The van der Waals surface area contributed by atoms with Crippen LogP contribution in [0.2, 0.25) is 0 Å². The van der Waals surface area contributed by atoms with Gasteiger partial charge in [0.15, 0.2) is 0 Å². The first-order chi connectivity index (χ1) is 9.74. The van der Waals surface area contributed by atoms with Crippen LogP contribution in [-0.2, 0) is 13.6 Å². The van der Waals surface area contributed by atoms with Crippen molar-refractivity contribution < 1.29 is 9.31 Å². The van der Waals surface area contributed by atoms with E-state index in [2.05, 4.69) is 0 Å². The highest BCUT2D eigenvalue weighted by atomic mass is 19.1. The lowest BCUT2D eigenvalue weighted by atomic mass is 10.00. The van der Waals surface area contributed by atoms with Gasteiger partial charge in [0, 0.05) is 38.8 Å². The lowest BCUT2D eigenvalue weighted by Crippen LogP contribution is -2.31. The molecule has 0 fully saturated rings. The number of aryl methyl sites for hydroxylation is 2. The van der Waals surface area contributed by atoms with Crippen molar-refractivity contribution >= 4 is 11.0 Å². The first kappa shape index (κ1) is 15.2. The highest BCUT2D eigenvalue weighted by Crippen LogP contribution is 2.18. The predicted octanol–water partition coefficient (Wildman–Crippen LogP) is 2.31. The van der Waals surface area contributed by atoms with Crippen molar-refractivity contribution in [1.29, 1.82) is 0 Å². The molecule has 0 bridgehead atoms. The minimum atomic E-state index is -1.03. The maximum absolute atomic E-state index is 13.4. The average molecular weight is 295 g/mol. The Morgan fingerprint density at radius 2 is 2.00 bits per heavy atom. The van der Waals surface area contributed by atoms with E-state index < -0.39 is 11.4 Å². The van der Waals surface area contributed by atoms with Crippen LogP contribution in [0.3, 0.4) is 0 Å². The number of benzene rings is 1. The molecule has 114 valence electrons. The second-order valence-corrected chi connectivity index (χ2v) is 5.80. The zero-order valence-electron chi connectivity index (χ0n) is 12.3. The molecule has 0 aliphatic heterocycles. The highest BCUT2D eigenvalue weighted by molar-refractivity contribution is 5.76. The maximum Gasteiger partial charge on any atom is 0.328 e. The molecule has 1 aromatic heterocycles. The summed E-state index contributed by atoms with van der Waals surface area (Å²) in [6, 6.07) is 4.18. The zero-order chi connectivity index (χ0) is 15.8. The Balaban J connectivity index is 2.27. The fourth-order valence-electron chi connectivity index (χ4n) is 2.36. The first-order valence-corrected chi connectivity index (χ1v) is 6.73. The zero-order valence-corrected chi connectivity index (χ0v) is 12.3. The predicted molar refractivity (Wildman–Crippen MR) is 77.4 cm³/mol. The van der Waals surface area contributed by atoms with Crippen molar-refractivity contribution in [2.24, 2.45) is 7.05 Å². The van der Waals surface area contributed by atoms with Crippen molar-refractivity contribution in [2.75, 3.05) is 0 Å². The van der Waals surface area contributed by atoms with Gasteiger partial charge < -0.3 is 0 Å². The number of imidazole rings is 1. The van der Waals surface area contributed by atoms with Crippen LogP contribution in [0.1, 0.15) is 26.7 Å². The van der Waals surface area contributed by atoms with Crippen molar-refractivity contribution in [2.45, 2.75) is 38.8 Å². The van der Waals surface area contributed by atoms with Gasteiger partial charge in [-0.15, -0.1) is 0 Å². The number of nitrogens with zero attached hydrogens (tertiary/aromatic N) is 3. The van der Waals surface area contributed by atoms with Gasteiger partial charge in [0.25, 0.3) is 0 Å². The van der Waals surface area contributed by atoms with E-state index in [0.29, 0.717) is 30.4 Å². The first-order valence-electron chi connectivity index (χ1n) is 6.73. The maximum atomic E-state index is 13.4. The molecule has 0 atom stereocenters. The van der Waals surface area contributed by atoms with Gasteiger partial charge in [-0.1, -0.05) is 0 Å². The number of halogens is 1. The van der Waals surface area contributed by atoms with Crippen LogP contribution in [0.4, 0.5) is 4.39 Å². The van der Waals surface area contributed by atoms with Gasteiger partial charge in [-0.25, -0.2) is 9.18 Å². The molecule has 0 N–H and O–H groups in total. The van der Waals surface area contributed by atoms with Crippen molar-refractivity contribution in [1.82, 2.24) is 9.13 Å². The molecule has 0 saturated carbocycles. The summed E-state index contributed by atoms with van der Waals surface area (Å²) in [6.45, 7) is 3.44. The van der Waals surface area contributed by atoms with E-state index in [0.717, 1.165) is 0 Å². The Bertz CT molecular complexity index is 746. The Labute approximate surface area is 120 Å². The van der Waals surface area contributed by atoms with Gasteiger partial charge in [0.05, 0.1) is 11.0 Å². The van der Waals surface area contributed by atoms with Gasteiger partial charge in [0.1, 0.15) is 5.82 Å². The van der Waals surface area contributed by atoms with Crippen molar-refractivity contribution in [3.8, 4) is 0 Å². The summed E-state index contributed by atoms with van der Waals surface area (Å²) in [4.78, 5) is 22.7. The second kappa shape index (κ2) is 5.31. The number of aromatic nitrogens is 2. The summed E-state index contributed by atoms with van der Waals surface area (Å²) >= 11 is 0. The number of fused-ring (bicyclic) bond motifs is 1. The van der Waals surface area contributed by atoms with E-state index >= 15 is 0 Å². The highest BCUT2D eigenvalue weighted by Gasteiger charge is 2.29. The van der Waals surface area contributed by atoms with Gasteiger partial charge in [0.2, 0.25) is 5.54 Å². The average Bonchev–Trinajstić information content (AvgIpc) is 2.63. The molecule has 21 heavy (non-hydrogen) atoms. The minimum Gasteiger partial charge on any atom is -0.295 e. The number of nitro groups is 1. The fraction of sp³-hybridized carbons (Fsp3) is 0.500. The number of hydrogen-bond acceptors (Lipinski definition) is 3. The summed E-state index contributed by atoms with van der Waals surface area (Å²) in [6.07, 6.45) is 0.821. The lowest BCUT2D eigenvalue weighted by Gasteiger charge is -2.15. The Kier molecular flexibility index (Phi) is 3.85. The van der Waals surface area contributed by atoms with Crippen LogP contribution < -0.4 is 5.69 Å². The third-order valence-electron chi connectivity index (χ3n) is 3.77. The summed E-state index contributed by atoms with van der Waals surface area (Å²) in [5, 5.41) is 10.9. The molecule has 0 aliphatic carbocycles. The molecule has 2 aromatic rings. The Morgan fingerprint density at radius 1 is 1.33 bits per heavy atom. The molecule has 0 saturated heterocycles. The minimum absolute atomic E-state index is 0.241. The van der Waals surface area contributed by atoms with Crippen LogP contribution in [0.15, 0.2) is 23.0 Å². The molecule has 0 amide bonds. The van der Waals surface area contributed by atoms with Gasteiger partial charge in [-0.05, 0) is 24.6 Å². The van der Waals surface area contributed by atoms with E-state index in [-0.39, 0.29) is 10.6 Å². The van der Waals surface area contributed by atoms with Gasteiger partial charge in [-0.2, -0.15) is 0 Å². The Hall–Kier alpha value is -2.18. The molecule has 0 radical (unpaired) electrons. The molecule has 2 rings (SSSR count). The standard InChI is InChI=1S/C14H18FN3O3/c1-14(2,18(20)21)7-4-8-17-12-9-10(15)5-6-11(12)16(3)13(17)19/h5-6,9H,4,7-8H2,1-3H3. The summed E-state index contributed by atoms with van der Waals surface area (Å²) in [7, 11) is 1.63. The smallest absolute Gasteiger partial charge is 0.295 e. The third-order valence-corrected chi connectivity index (χ3v) is 3.77. The molecule has 0 unspecified atom stereocenters. The molecule has 1 aromatic carbocycles. The number of rotatable bonds is 5. The number of hydrogen-bond donors (Lipinski definition) is 0. The quantitative estimate of drug-likeness (QED) is 0.628. The van der Waals surface area contributed by atoms with Crippen molar-refractivity contribution in [3.05, 3.63) is 44.6 Å². The third kappa shape index (κ3) is 2.81. The Morgan fingerprint density at radius 3 is 2.62 bits per heavy atom. The fourth-order valence-corrected chi connectivity index (χ4v) is 2.36. The molecule has 6 nitrogen and oxygen atoms in total.